The fourth-order valence-electron chi connectivity index (χ4n) is 13.4. The molecule has 4 unspecified atom stereocenters. The van der Waals surface area contributed by atoms with Crippen molar-refractivity contribution in [1.29, 1.82) is 0 Å². The molecule has 6 aromatic carbocycles. The van der Waals surface area contributed by atoms with Crippen molar-refractivity contribution in [3.8, 4) is 0 Å². The van der Waals surface area contributed by atoms with E-state index in [1.54, 1.807) is 17.3 Å². The molecule has 5 aliphatic heterocycles. The first-order valence-corrected chi connectivity index (χ1v) is 39.2. The molecule has 0 bridgehead atoms. The number of carbonyl (C=O) groups is 1. The zero-order chi connectivity index (χ0) is 65.8. The maximum atomic E-state index is 11.8. The predicted molar refractivity (Wildman–Crippen MR) is 420 cm³/mol. The number of benzene rings is 6. The third-order valence-electron chi connectivity index (χ3n) is 18.4. The summed E-state index contributed by atoms with van der Waals surface area (Å²) in [4.78, 5) is 18.6. The Labute approximate surface area is 646 Å². The monoisotopic (exact) mass is 1710 g/mol. The predicted octanol–water partition coefficient (Wildman–Crippen LogP) is 18.0. The second kappa shape index (κ2) is 39.1. The molecule has 0 saturated carbocycles. The number of hydrogen-bond acceptors (Lipinski definition) is 11. The van der Waals surface area contributed by atoms with Crippen molar-refractivity contribution in [3.05, 3.63) is 185 Å². The Balaban J connectivity index is 0.000000563. The van der Waals surface area contributed by atoms with Gasteiger partial charge in [0.05, 0.1) is 5.60 Å². The zero-order valence-electron chi connectivity index (χ0n) is 58.2. The third-order valence-corrected chi connectivity index (χ3v) is 27.9. The zero-order valence-corrected chi connectivity index (χ0v) is 71.6. The van der Waals surface area contributed by atoms with Crippen LogP contribution in [0.3, 0.4) is 0 Å². The molecule has 1 aliphatic carbocycles. The van der Waals surface area contributed by atoms with Crippen molar-refractivity contribution in [2.45, 2.75) is 223 Å². The molecule has 94 heavy (non-hydrogen) atoms. The summed E-state index contributed by atoms with van der Waals surface area (Å²) in [6.45, 7) is 36.1. The van der Waals surface area contributed by atoms with Crippen LogP contribution in [0.4, 0.5) is 0 Å². The number of rotatable bonds is 2. The molecule has 0 fully saturated rings. The molecule has 9 N–H and O–H groups in total. The Hall–Kier alpha value is -0.634. The molecule has 6 aromatic rings. The van der Waals surface area contributed by atoms with Crippen molar-refractivity contribution in [2.24, 2.45) is 0 Å². The molecule has 5 heterocycles. The second-order valence-electron chi connectivity index (χ2n) is 25.2. The Morgan fingerprint density at radius 2 is 0.883 bits per heavy atom. The first-order valence-electron chi connectivity index (χ1n) is 31.1. The van der Waals surface area contributed by atoms with Crippen LogP contribution in [0.2, 0.25) is 0 Å². The third kappa shape index (κ3) is 20.6. The maximum absolute atomic E-state index is 11.8. The van der Waals surface area contributed by atoms with Crippen molar-refractivity contribution in [2.75, 3.05) is 28.8 Å². The average molecular weight is 1710 g/mol. The van der Waals surface area contributed by atoms with Gasteiger partial charge in [-0.1, -0.05) is 96.6 Å². The van der Waals surface area contributed by atoms with Gasteiger partial charge in [-0.3, -0.25) is 4.79 Å². The molecular formula is C75H101Br5MgO8S5. The van der Waals surface area contributed by atoms with E-state index in [0.717, 1.165) is 78.5 Å². The SMILES string of the molecule is CC1=CCSc2c(C)cc(Br)c(C)c21.Cc1cc(Br)c(C)c2c1SCCC2(C)O.Cc1cc(Br)c(C)c2c1SCCC2=O.Cc1cc(Br)c(C)c2c1SCCC2C.Cc1cc(C(O)O)c(C)c2c1CCCC2C.Cc1cc(C(O)O)c(C)c2c1SCCC2C.O.O.[Br-].[CH3-].[HH].[Mg+2]. The summed E-state index contributed by atoms with van der Waals surface area (Å²) >= 11 is 23.8. The first kappa shape index (κ1) is 89.5. The summed E-state index contributed by atoms with van der Waals surface area (Å²) in [5.41, 5.74) is 26.1. The summed E-state index contributed by atoms with van der Waals surface area (Å²) in [6.07, 6.45) is 7.18. The van der Waals surface area contributed by atoms with E-state index in [4.69, 9.17) is 0 Å². The van der Waals surface area contributed by atoms with Crippen LogP contribution in [-0.2, 0) is 12.0 Å². The molecule has 6 aliphatic rings. The van der Waals surface area contributed by atoms with Gasteiger partial charge in [-0.25, -0.2) is 0 Å². The molecule has 19 heteroatoms. The van der Waals surface area contributed by atoms with Gasteiger partial charge in [0.2, 0.25) is 0 Å². The van der Waals surface area contributed by atoms with E-state index < -0.39 is 18.2 Å². The number of halogens is 5. The number of aryl methyl sites for hydroxylation is 6. The smallest absolute Gasteiger partial charge is 1.00 e. The summed E-state index contributed by atoms with van der Waals surface area (Å²) in [5.74, 6) is 7.56. The van der Waals surface area contributed by atoms with Crippen LogP contribution in [0.1, 0.15) is 227 Å². The molecule has 4 atom stereocenters. The summed E-state index contributed by atoms with van der Waals surface area (Å²) in [6, 6.07) is 12.5. The fourth-order valence-corrected chi connectivity index (χ4v) is 22.5. The van der Waals surface area contributed by atoms with Gasteiger partial charge in [-0.2, -0.15) is 0 Å². The van der Waals surface area contributed by atoms with Crippen molar-refractivity contribution in [1.82, 2.24) is 0 Å². The number of aliphatic hydroxyl groups is 5. The standard InChI is InChI=1S/C14H20O2.C13H18O2S.C12H15BrOS.C12H15BrS.C12H13BrS.C11H11BrOS.CH3.BrH.Mg.2H2O.H2/c1-8-5-4-6-11-9(2)7-12(14(15)16)10(3)13(8)11;1-7-4-5-16-12-8(2)6-10(13(14)15)9(3)11(7)12;1-7-6-9(13)8(2)10-11(7)15-5-4-12(10,3)14;2*1-7-4-5-14-12-8(2)6-10(13)9(3)11(7)12;1-6-5-8(12)7(2)10-9(13)3-4-14-11(6)10;;;;;;/h7-8,14-16H,4-6H2,1-3H3;6-7,13-15H,4-5H2,1-3H3;6,14H,4-5H2,1-3H3;6-7H,4-5H2,1-3H3;4,6H,5H2,1-3H3;5H,3-4H2,1-2H3;1H3;1H;;2*1H2;1H/q;;;;;;-1;;+2;;;/p-1. The summed E-state index contributed by atoms with van der Waals surface area (Å²) in [7, 11) is 0. The van der Waals surface area contributed by atoms with Crippen LogP contribution in [-0.4, -0.2) is 94.1 Å². The molecule has 8 nitrogen and oxygen atoms in total. The van der Waals surface area contributed by atoms with Gasteiger partial charge >= 0.3 is 23.1 Å². The Kier molecular flexibility index (Phi) is 37.2. The van der Waals surface area contributed by atoms with Gasteiger partial charge in [-0.15, -0.1) is 58.8 Å². The molecule has 516 valence electrons. The normalized spacial score (nSPS) is 18.4. The van der Waals surface area contributed by atoms with Gasteiger partial charge < -0.3 is 60.9 Å². The maximum Gasteiger partial charge on any atom is 2.00 e. The van der Waals surface area contributed by atoms with E-state index in [1.165, 1.54) is 143 Å². The van der Waals surface area contributed by atoms with Crippen LogP contribution in [0.25, 0.3) is 5.57 Å². The van der Waals surface area contributed by atoms with E-state index in [-0.39, 0.29) is 59.8 Å². The summed E-state index contributed by atoms with van der Waals surface area (Å²) in [5, 5.41) is 47.9. The molecule has 0 radical (unpaired) electrons. The minimum atomic E-state index is -1.36. The number of aliphatic hydroxyl groups excluding tert-OH is 2. The Morgan fingerprint density at radius 1 is 0.489 bits per heavy atom. The Morgan fingerprint density at radius 3 is 1.40 bits per heavy atom. The van der Waals surface area contributed by atoms with Crippen LogP contribution in [0.15, 0.2) is 84.8 Å². The minimum Gasteiger partial charge on any atom is -1.00 e. The molecular weight excluding hydrogens is 1610 g/mol. The number of hydrogen-bond donors (Lipinski definition) is 5. The quantitative estimate of drug-likeness (QED) is 0.0632. The molecule has 0 saturated heterocycles. The van der Waals surface area contributed by atoms with E-state index in [2.05, 4.69) is 184 Å². The van der Waals surface area contributed by atoms with Crippen molar-refractivity contribution in [3.63, 3.8) is 0 Å². The molecule has 12 rings (SSSR count). The van der Waals surface area contributed by atoms with Crippen molar-refractivity contribution >= 4 is 157 Å². The number of fused-ring (bicyclic) bond motifs is 6. The van der Waals surface area contributed by atoms with E-state index in [1.807, 2.05) is 86.9 Å². The second-order valence-corrected chi connectivity index (χ2v) is 34.1. The van der Waals surface area contributed by atoms with Gasteiger partial charge in [0, 0.05) is 89.7 Å². The van der Waals surface area contributed by atoms with Crippen LogP contribution in [0, 0.1) is 90.5 Å². The molecule has 0 amide bonds. The topological polar surface area (TPSA) is 181 Å². The van der Waals surface area contributed by atoms with E-state index in [0.29, 0.717) is 35.2 Å². The van der Waals surface area contributed by atoms with Gasteiger partial charge in [-0.05, 0) is 295 Å². The van der Waals surface area contributed by atoms with Gasteiger partial charge in [0.1, 0.15) is 0 Å². The molecule has 0 aromatic heterocycles. The number of Topliss-reactive ketones (excluding diaryl/α,β-unsaturated/α-hetero) is 1. The van der Waals surface area contributed by atoms with E-state index in [9.17, 15) is 30.3 Å². The van der Waals surface area contributed by atoms with Crippen LogP contribution in [0.5, 0.6) is 0 Å². The largest absolute Gasteiger partial charge is 2.00 e. The van der Waals surface area contributed by atoms with Crippen LogP contribution >= 0.6 is 123 Å². The van der Waals surface area contributed by atoms with E-state index >= 15 is 0 Å². The average Bonchev–Trinajstić information content (AvgIpc) is 0.840. The van der Waals surface area contributed by atoms with Crippen molar-refractivity contribution < 1.29 is 59.7 Å². The Bertz CT molecular complexity index is 3600. The first-order chi connectivity index (χ1) is 41.8. The van der Waals surface area contributed by atoms with Crippen LogP contribution < -0.4 is 17.0 Å². The summed E-state index contributed by atoms with van der Waals surface area (Å²) < 4.78 is 4.64. The molecule has 0 spiro atoms. The number of thioether (sulfide) groups is 5. The van der Waals surface area contributed by atoms with Gasteiger partial charge in [0.25, 0.3) is 0 Å². The number of carbonyl (C=O) groups excluding carboxylic acids is 1. The number of allylic oxidation sites excluding steroid dienone is 1. The number of ketones is 1. The minimum absolute atomic E-state index is 0. The van der Waals surface area contributed by atoms with Gasteiger partial charge in [0.15, 0.2) is 18.4 Å². The fraction of sp³-hybridized carbons (Fsp3) is 0.467.